The lowest BCUT2D eigenvalue weighted by Crippen LogP contribution is -2.17. The molecule has 5 nitrogen and oxygen atoms in total. The lowest BCUT2D eigenvalue weighted by molar-refractivity contribution is 0.0996. The molecular formula is C18H23N3O2. The zero-order valence-electron chi connectivity index (χ0n) is 14.1. The molecule has 0 saturated heterocycles. The predicted molar refractivity (Wildman–Crippen MR) is 92.6 cm³/mol. The summed E-state index contributed by atoms with van der Waals surface area (Å²) in [5, 5.41) is 0. The molecule has 4 N–H and O–H groups in total. The van der Waals surface area contributed by atoms with Gasteiger partial charge in [0.2, 0.25) is 0 Å². The lowest BCUT2D eigenvalue weighted by atomic mass is 9.92. The van der Waals surface area contributed by atoms with E-state index in [-0.39, 0.29) is 5.69 Å². The third-order valence-electron chi connectivity index (χ3n) is 3.96. The van der Waals surface area contributed by atoms with E-state index in [1.165, 1.54) is 0 Å². The molecule has 2 rings (SSSR count). The van der Waals surface area contributed by atoms with Gasteiger partial charge in [-0.05, 0) is 49.1 Å². The molecule has 0 saturated carbocycles. The fraction of sp³-hybridized carbons (Fsp3) is 0.333. The Morgan fingerprint density at radius 3 is 2.57 bits per heavy atom. The van der Waals surface area contributed by atoms with Gasteiger partial charge in [0.05, 0.1) is 12.8 Å². The lowest BCUT2D eigenvalue weighted by Gasteiger charge is -2.17. The van der Waals surface area contributed by atoms with Crippen LogP contribution in [0.15, 0.2) is 18.2 Å². The Morgan fingerprint density at radius 1 is 1.30 bits per heavy atom. The largest absolute Gasteiger partial charge is 0.496 e. The summed E-state index contributed by atoms with van der Waals surface area (Å²) in [4.78, 5) is 16.0. The topological polar surface area (TPSA) is 91.2 Å². The van der Waals surface area contributed by atoms with E-state index in [0.29, 0.717) is 5.69 Å². The highest BCUT2D eigenvalue weighted by Crippen LogP contribution is 2.37. The minimum atomic E-state index is -0.611. The molecule has 0 unspecified atom stereocenters. The molecule has 0 fully saturated rings. The molecular weight excluding hydrogens is 290 g/mol. The van der Waals surface area contributed by atoms with Crippen LogP contribution in [0, 0.1) is 13.8 Å². The molecule has 0 atom stereocenters. The van der Waals surface area contributed by atoms with E-state index in [9.17, 15) is 4.79 Å². The van der Waals surface area contributed by atoms with Crippen LogP contribution in [0.3, 0.4) is 0 Å². The quantitative estimate of drug-likeness (QED) is 0.887. The molecule has 2 aromatic rings. The fourth-order valence-electron chi connectivity index (χ4n) is 2.85. The van der Waals surface area contributed by atoms with Gasteiger partial charge < -0.3 is 16.2 Å². The Morgan fingerprint density at radius 2 is 2.00 bits per heavy atom. The molecule has 0 aliphatic heterocycles. The number of hydrogen-bond acceptors (Lipinski definition) is 4. The van der Waals surface area contributed by atoms with Crippen molar-refractivity contribution < 1.29 is 9.53 Å². The number of benzene rings is 1. The molecule has 122 valence electrons. The van der Waals surface area contributed by atoms with Gasteiger partial charge in [-0.15, -0.1) is 0 Å². The van der Waals surface area contributed by atoms with Gasteiger partial charge in [0.15, 0.2) is 5.69 Å². The molecule has 0 radical (unpaired) electrons. The second-order valence-electron chi connectivity index (χ2n) is 5.62. The number of carbonyl (C=O) groups excluding carboxylic acids is 1. The molecule has 1 aromatic heterocycles. The summed E-state index contributed by atoms with van der Waals surface area (Å²) >= 11 is 0. The zero-order valence-corrected chi connectivity index (χ0v) is 14.1. The smallest absolute Gasteiger partial charge is 0.269 e. The first-order valence-corrected chi connectivity index (χ1v) is 7.64. The minimum Gasteiger partial charge on any atom is -0.496 e. The molecule has 0 aliphatic rings. The van der Waals surface area contributed by atoms with Crippen molar-refractivity contribution in [1.29, 1.82) is 0 Å². The Kier molecular flexibility index (Phi) is 4.89. The summed E-state index contributed by atoms with van der Waals surface area (Å²) in [6, 6.07) is 5.85. The summed E-state index contributed by atoms with van der Waals surface area (Å²) in [5.74, 6) is 0.166. The third kappa shape index (κ3) is 3.13. The van der Waals surface area contributed by atoms with Gasteiger partial charge in [-0.3, -0.25) is 4.79 Å². The monoisotopic (exact) mass is 313 g/mol. The van der Waals surface area contributed by atoms with E-state index in [4.69, 9.17) is 16.2 Å². The van der Waals surface area contributed by atoms with Gasteiger partial charge in [-0.25, -0.2) is 4.98 Å². The number of amides is 1. The summed E-state index contributed by atoms with van der Waals surface area (Å²) in [7, 11) is 1.63. The van der Waals surface area contributed by atoms with Crippen molar-refractivity contribution in [3.8, 4) is 16.9 Å². The standard InChI is InChI=1S/C18H23N3O2/c1-5-6-12-9-13(16(19)17(21-12)18(20)22)15-10(2)7-8-14(23-4)11(15)3/h7-9H,5-6,19H2,1-4H3,(H2,20,22). The first-order valence-electron chi connectivity index (χ1n) is 7.64. The number of anilines is 1. The molecule has 1 amide bonds. The average Bonchev–Trinajstić information content (AvgIpc) is 2.50. The molecule has 5 heteroatoms. The van der Waals surface area contributed by atoms with Crippen molar-refractivity contribution in [2.75, 3.05) is 12.8 Å². The van der Waals surface area contributed by atoms with E-state index < -0.39 is 5.91 Å². The van der Waals surface area contributed by atoms with Crippen LogP contribution < -0.4 is 16.2 Å². The van der Waals surface area contributed by atoms with Gasteiger partial charge in [0.1, 0.15) is 5.75 Å². The fourth-order valence-corrected chi connectivity index (χ4v) is 2.85. The third-order valence-corrected chi connectivity index (χ3v) is 3.96. The molecule has 23 heavy (non-hydrogen) atoms. The first kappa shape index (κ1) is 16.8. The van der Waals surface area contributed by atoms with Crippen molar-refractivity contribution in [3.05, 3.63) is 40.7 Å². The summed E-state index contributed by atoms with van der Waals surface area (Å²) in [6.45, 7) is 6.04. The molecule has 1 aromatic carbocycles. The Hall–Kier alpha value is -2.56. The van der Waals surface area contributed by atoms with E-state index in [1.807, 2.05) is 32.0 Å². The van der Waals surface area contributed by atoms with Crippen molar-refractivity contribution in [3.63, 3.8) is 0 Å². The number of carbonyl (C=O) groups is 1. The number of methoxy groups -OCH3 is 1. The van der Waals surface area contributed by atoms with Crippen molar-refractivity contribution in [2.45, 2.75) is 33.6 Å². The molecule has 0 bridgehead atoms. The van der Waals surface area contributed by atoms with E-state index in [0.717, 1.165) is 46.5 Å². The highest BCUT2D eigenvalue weighted by atomic mass is 16.5. The Bertz CT molecular complexity index is 754. The van der Waals surface area contributed by atoms with Gasteiger partial charge >= 0.3 is 0 Å². The van der Waals surface area contributed by atoms with Crippen LogP contribution in [0.2, 0.25) is 0 Å². The van der Waals surface area contributed by atoms with Crippen LogP contribution in [0.4, 0.5) is 5.69 Å². The van der Waals surface area contributed by atoms with Crippen LogP contribution in [-0.2, 0) is 6.42 Å². The number of hydrogen-bond donors (Lipinski definition) is 2. The average molecular weight is 313 g/mol. The summed E-state index contributed by atoms with van der Waals surface area (Å²) in [6.07, 6.45) is 1.68. The summed E-state index contributed by atoms with van der Waals surface area (Å²) in [5.41, 5.74) is 16.7. The highest BCUT2D eigenvalue weighted by Gasteiger charge is 2.19. The number of pyridine rings is 1. The second kappa shape index (κ2) is 6.69. The van der Waals surface area contributed by atoms with E-state index in [2.05, 4.69) is 11.9 Å². The van der Waals surface area contributed by atoms with E-state index >= 15 is 0 Å². The van der Waals surface area contributed by atoms with Crippen LogP contribution in [0.1, 0.15) is 40.7 Å². The zero-order chi connectivity index (χ0) is 17.1. The number of primary amides is 1. The number of aryl methyl sites for hydroxylation is 2. The van der Waals surface area contributed by atoms with Gasteiger partial charge in [-0.2, -0.15) is 0 Å². The number of ether oxygens (including phenoxy) is 1. The number of rotatable bonds is 5. The maximum absolute atomic E-state index is 11.7. The normalized spacial score (nSPS) is 10.6. The van der Waals surface area contributed by atoms with Gasteiger partial charge in [0, 0.05) is 11.3 Å². The SMILES string of the molecule is CCCc1cc(-c2c(C)ccc(OC)c2C)c(N)c(C(N)=O)n1. The van der Waals surface area contributed by atoms with E-state index in [1.54, 1.807) is 7.11 Å². The molecule has 1 heterocycles. The maximum Gasteiger partial charge on any atom is 0.269 e. The number of nitrogens with zero attached hydrogens (tertiary/aromatic N) is 1. The minimum absolute atomic E-state index is 0.132. The first-order chi connectivity index (χ1) is 10.9. The van der Waals surface area contributed by atoms with Gasteiger partial charge in [0.25, 0.3) is 5.91 Å². The van der Waals surface area contributed by atoms with Crippen LogP contribution in [0.25, 0.3) is 11.1 Å². The van der Waals surface area contributed by atoms with Crippen LogP contribution in [-0.4, -0.2) is 18.0 Å². The Labute approximate surface area is 136 Å². The van der Waals surface area contributed by atoms with Crippen LogP contribution in [0.5, 0.6) is 5.75 Å². The van der Waals surface area contributed by atoms with Crippen molar-refractivity contribution in [2.24, 2.45) is 5.73 Å². The predicted octanol–water partition coefficient (Wildman–Crippen LogP) is 3.01. The van der Waals surface area contributed by atoms with Crippen molar-refractivity contribution >= 4 is 11.6 Å². The number of aromatic nitrogens is 1. The summed E-state index contributed by atoms with van der Waals surface area (Å²) < 4.78 is 5.41. The van der Waals surface area contributed by atoms with Crippen molar-refractivity contribution in [1.82, 2.24) is 4.98 Å². The maximum atomic E-state index is 11.7. The Balaban J connectivity index is 2.80. The second-order valence-corrected chi connectivity index (χ2v) is 5.62. The van der Waals surface area contributed by atoms with Gasteiger partial charge in [-0.1, -0.05) is 19.4 Å². The number of nitrogen functional groups attached to an aromatic ring is 1. The number of nitrogens with two attached hydrogens (primary N) is 2. The molecule has 0 spiro atoms. The highest BCUT2D eigenvalue weighted by molar-refractivity contribution is 6.00. The van der Waals surface area contributed by atoms with Crippen LogP contribution >= 0.6 is 0 Å². The molecule has 0 aliphatic carbocycles.